The largest absolute Gasteiger partial charge is 0.453 e. The van der Waals surface area contributed by atoms with E-state index in [-0.39, 0.29) is 17.9 Å². The molecule has 7 rings (SSSR count). The van der Waals surface area contributed by atoms with Gasteiger partial charge in [0.15, 0.2) is 0 Å². The van der Waals surface area contributed by atoms with Crippen molar-refractivity contribution < 1.29 is 38.1 Å². The van der Waals surface area contributed by atoms with E-state index in [1.165, 1.54) is 28.4 Å². The number of fused-ring (bicyclic) bond motifs is 1. The highest BCUT2D eigenvalue weighted by atomic mass is 16.5. The van der Waals surface area contributed by atoms with Gasteiger partial charge < -0.3 is 49.3 Å². The smallest absolute Gasteiger partial charge is 0.407 e. The molecule has 4 heterocycles. The zero-order valence-corrected chi connectivity index (χ0v) is 35.4. The second-order valence-electron chi connectivity index (χ2n) is 15.4. The Balaban J connectivity index is 1.04. The number of aromatic nitrogens is 4. The van der Waals surface area contributed by atoms with Gasteiger partial charge in [-0.05, 0) is 73.2 Å². The van der Waals surface area contributed by atoms with Crippen molar-refractivity contribution in [2.24, 2.45) is 0 Å². The first kappa shape index (κ1) is 42.6. The zero-order chi connectivity index (χ0) is 43.4. The minimum atomic E-state index is -0.943. The minimum absolute atomic E-state index is 0.250. The molecule has 0 unspecified atom stereocenters. The molecule has 1 saturated heterocycles. The third kappa shape index (κ3) is 9.00. The van der Waals surface area contributed by atoms with Gasteiger partial charge >= 0.3 is 12.2 Å². The number of aromatic amines is 2. The van der Waals surface area contributed by atoms with Crippen molar-refractivity contribution in [3.05, 3.63) is 96.4 Å². The van der Waals surface area contributed by atoms with E-state index in [9.17, 15) is 19.2 Å². The number of likely N-dealkylation sites (tertiary alicyclic amines) is 1. The van der Waals surface area contributed by atoms with E-state index in [0.717, 1.165) is 62.8 Å². The number of ether oxygens (including phenoxy) is 4. The van der Waals surface area contributed by atoms with Crippen molar-refractivity contribution in [2.45, 2.75) is 70.0 Å². The molecule has 0 saturated carbocycles. The number of benzene rings is 3. The van der Waals surface area contributed by atoms with Crippen LogP contribution in [-0.4, -0.2) is 120 Å². The van der Waals surface area contributed by atoms with Gasteiger partial charge in [-0.2, -0.15) is 0 Å². The average molecular weight is 833 g/mol. The molecule has 0 bridgehead atoms. The first-order chi connectivity index (χ1) is 29.4. The van der Waals surface area contributed by atoms with Crippen molar-refractivity contribution in [3.63, 3.8) is 0 Å². The Kier molecular flexibility index (Phi) is 12.8. The summed E-state index contributed by atoms with van der Waals surface area (Å²) < 4.78 is 20.3. The van der Waals surface area contributed by atoms with Gasteiger partial charge in [-0.25, -0.2) is 19.6 Å². The highest BCUT2D eigenvalue weighted by Crippen LogP contribution is 2.35. The summed E-state index contributed by atoms with van der Waals surface area (Å²) in [5.74, 6) is 0.743. The quantitative estimate of drug-likeness (QED) is 0.0979. The Bertz CT molecular complexity index is 2430. The molecule has 0 aliphatic carbocycles. The molecule has 61 heavy (non-hydrogen) atoms. The highest BCUT2D eigenvalue weighted by molar-refractivity contribution is 5.91. The molecule has 2 aromatic heterocycles. The van der Waals surface area contributed by atoms with E-state index in [0.29, 0.717) is 24.7 Å². The molecular formula is C45H52N8O8. The Hall–Kier alpha value is -6.52. The van der Waals surface area contributed by atoms with Gasteiger partial charge in [0, 0.05) is 32.9 Å². The van der Waals surface area contributed by atoms with Crippen LogP contribution in [0.25, 0.3) is 44.4 Å². The van der Waals surface area contributed by atoms with Crippen LogP contribution in [0.4, 0.5) is 9.59 Å². The van der Waals surface area contributed by atoms with Gasteiger partial charge in [0.25, 0.3) is 0 Å². The number of alkyl carbamates (subject to hydrolysis) is 2. The number of methoxy groups -OCH3 is 4. The summed E-state index contributed by atoms with van der Waals surface area (Å²) in [6.45, 7) is 6.34. The molecule has 1 fully saturated rings. The molecule has 2 aliphatic rings. The van der Waals surface area contributed by atoms with Crippen molar-refractivity contribution in [3.8, 4) is 33.6 Å². The molecule has 3 aromatic carbocycles. The molecule has 16 heteroatoms. The summed E-state index contributed by atoms with van der Waals surface area (Å²) in [5.41, 5.74) is 6.67. The number of H-pyrrole nitrogens is 2. The third-order valence-electron chi connectivity index (χ3n) is 11.6. The first-order valence-electron chi connectivity index (χ1n) is 20.2. The monoisotopic (exact) mass is 832 g/mol. The highest BCUT2D eigenvalue weighted by Gasteiger charge is 2.40. The summed E-state index contributed by atoms with van der Waals surface area (Å²) in [6, 6.07) is 18.3. The number of hydrogen-bond acceptors (Lipinski definition) is 10. The number of amides is 4. The molecule has 16 nitrogen and oxygen atoms in total. The van der Waals surface area contributed by atoms with Gasteiger partial charge in [0.1, 0.15) is 29.8 Å². The van der Waals surface area contributed by atoms with Crippen LogP contribution in [0, 0.1) is 0 Å². The van der Waals surface area contributed by atoms with E-state index in [4.69, 9.17) is 23.9 Å². The summed E-state index contributed by atoms with van der Waals surface area (Å²) in [4.78, 5) is 71.2. The van der Waals surface area contributed by atoms with E-state index in [2.05, 4.69) is 74.1 Å². The maximum atomic E-state index is 13.8. The predicted octanol–water partition coefficient (Wildman–Crippen LogP) is 6.30. The predicted molar refractivity (Wildman–Crippen MR) is 228 cm³/mol. The lowest BCUT2D eigenvalue weighted by atomic mass is 9.98. The lowest BCUT2D eigenvalue weighted by Crippen LogP contribution is -2.54. The number of rotatable bonds is 13. The molecule has 2 aliphatic heterocycles. The Morgan fingerprint density at radius 3 is 1.80 bits per heavy atom. The van der Waals surface area contributed by atoms with Crippen LogP contribution in [-0.2, 0) is 28.5 Å². The average Bonchev–Trinajstić information content (AvgIpc) is 4.13. The Labute approximate surface area is 354 Å². The molecule has 0 spiro atoms. The maximum absolute atomic E-state index is 13.8. The van der Waals surface area contributed by atoms with Crippen molar-refractivity contribution >= 4 is 34.8 Å². The molecule has 4 amide bonds. The first-order valence-corrected chi connectivity index (χ1v) is 20.2. The SMILES string of the molecule is COC(=O)N[C@H](C(=O)N1CC(C)=C[C@H]1c1ncc(-c2ccc(-c3ccc4cc(-c5cnc([C@@H]6CCCN6C(=O)[C@@H](NC(=O)OC)[C@@H](C)OC)[nH]5)ccc4c3)cc2)[nH]1)[C@@H](C)OC. The summed E-state index contributed by atoms with van der Waals surface area (Å²) in [6.07, 6.45) is 4.54. The number of carbonyl (C=O) groups excluding carboxylic acids is 4. The molecular weight excluding hydrogens is 781 g/mol. The second-order valence-corrected chi connectivity index (χ2v) is 15.4. The summed E-state index contributed by atoms with van der Waals surface area (Å²) >= 11 is 0. The molecule has 5 aromatic rings. The fourth-order valence-electron chi connectivity index (χ4n) is 8.02. The van der Waals surface area contributed by atoms with E-state index >= 15 is 0 Å². The van der Waals surface area contributed by atoms with Crippen LogP contribution in [0.1, 0.15) is 57.3 Å². The topological polar surface area (TPSA) is 193 Å². The standard InChI is InChI=1S/C45H52N8O8/c1-25-19-37(53(24-25)43(55)39(27(3)59-5)51-45(57)61-7)41-47-22-34(48-41)29-12-10-28(11-13-29)30-14-15-32-21-33(17-16-31(32)20-30)35-23-46-40(49-35)36-9-8-18-52(36)42(54)38(26(2)58-4)50-44(56)60-6/h10-17,19-23,26-27,36-39H,8-9,18,24H2,1-7H3,(H,46,49)(H,47,48)(H,50,56)(H,51,57)/t26-,27-,36+,37+,38+,39+/m1/s1. The van der Waals surface area contributed by atoms with E-state index < -0.39 is 42.5 Å². The van der Waals surface area contributed by atoms with Crippen LogP contribution in [0.3, 0.4) is 0 Å². The maximum Gasteiger partial charge on any atom is 0.407 e. The molecule has 320 valence electrons. The number of nitrogens with one attached hydrogen (secondary N) is 4. The molecule has 0 radical (unpaired) electrons. The van der Waals surface area contributed by atoms with Crippen LogP contribution in [0.2, 0.25) is 0 Å². The summed E-state index contributed by atoms with van der Waals surface area (Å²) in [7, 11) is 5.50. The lowest BCUT2D eigenvalue weighted by molar-refractivity contribution is -0.138. The number of nitrogens with zero attached hydrogens (tertiary/aromatic N) is 4. The number of carbonyl (C=O) groups is 4. The zero-order valence-electron chi connectivity index (χ0n) is 35.4. The van der Waals surface area contributed by atoms with Gasteiger partial charge in [-0.3, -0.25) is 9.59 Å². The third-order valence-corrected chi connectivity index (χ3v) is 11.6. The fourth-order valence-corrected chi connectivity index (χ4v) is 8.02. The van der Waals surface area contributed by atoms with Gasteiger partial charge in [-0.1, -0.05) is 60.2 Å². The Morgan fingerprint density at radius 1 is 0.689 bits per heavy atom. The Morgan fingerprint density at radius 2 is 1.20 bits per heavy atom. The van der Waals surface area contributed by atoms with E-state index in [1.54, 1.807) is 36.0 Å². The van der Waals surface area contributed by atoms with Crippen molar-refractivity contribution in [2.75, 3.05) is 41.5 Å². The van der Waals surface area contributed by atoms with Gasteiger partial charge in [0.2, 0.25) is 11.8 Å². The molecule has 6 atom stereocenters. The van der Waals surface area contributed by atoms with Crippen LogP contribution < -0.4 is 10.6 Å². The summed E-state index contributed by atoms with van der Waals surface area (Å²) in [5, 5.41) is 7.39. The second kappa shape index (κ2) is 18.4. The van der Waals surface area contributed by atoms with Crippen molar-refractivity contribution in [1.82, 2.24) is 40.4 Å². The normalized spacial score (nSPS) is 18.3. The molecule has 4 N–H and O–H groups in total. The van der Waals surface area contributed by atoms with Crippen molar-refractivity contribution in [1.29, 1.82) is 0 Å². The van der Waals surface area contributed by atoms with Crippen LogP contribution >= 0.6 is 0 Å². The lowest BCUT2D eigenvalue weighted by Gasteiger charge is -2.30. The van der Waals surface area contributed by atoms with Crippen LogP contribution in [0.5, 0.6) is 0 Å². The van der Waals surface area contributed by atoms with E-state index in [1.807, 2.05) is 25.1 Å². The minimum Gasteiger partial charge on any atom is -0.453 e. The fraction of sp³-hybridized carbons (Fsp3) is 0.378. The number of hydrogen-bond donors (Lipinski definition) is 4. The van der Waals surface area contributed by atoms with Gasteiger partial charge in [-0.15, -0.1) is 0 Å². The van der Waals surface area contributed by atoms with Crippen LogP contribution in [0.15, 0.2) is 84.7 Å². The number of imidazole rings is 2. The van der Waals surface area contributed by atoms with Gasteiger partial charge in [0.05, 0.1) is 56.3 Å².